The smallest absolute Gasteiger partial charge is 0.0231 e. The highest BCUT2D eigenvalue weighted by atomic mass is 14.1. The Balaban J connectivity index is 0.000000291. The van der Waals surface area contributed by atoms with Crippen molar-refractivity contribution in [2.24, 2.45) is 5.92 Å². The molecule has 0 saturated heterocycles. The minimum Gasteiger partial charge on any atom is -0.0853 e. The average molecular weight is 126 g/mol. The van der Waals surface area contributed by atoms with Gasteiger partial charge in [-0.25, -0.2) is 0 Å². The van der Waals surface area contributed by atoms with Crippen molar-refractivity contribution in [3.05, 3.63) is 11.6 Å². The summed E-state index contributed by atoms with van der Waals surface area (Å²) in [4.78, 5) is 0. The van der Waals surface area contributed by atoms with E-state index in [1.54, 1.807) is 5.57 Å². The van der Waals surface area contributed by atoms with Gasteiger partial charge in [0, 0.05) is 0 Å². The van der Waals surface area contributed by atoms with E-state index in [0.717, 1.165) is 5.92 Å². The monoisotopic (exact) mass is 126 g/mol. The fraction of sp³-hybridized carbons (Fsp3) is 0.778. The van der Waals surface area contributed by atoms with Crippen LogP contribution in [0.25, 0.3) is 0 Å². The van der Waals surface area contributed by atoms with Crippen LogP contribution in [0, 0.1) is 5.92 Å². The first-order chi connectivity index (χ1) is 4.30. The summed E-state index contributed by atoms with van der Waals surface area (Å²) in [6.07, 6.45) is 5.03. The molecule has 0 heterocycles. The van der Waals surface area contributed by atoms with Gasteiger partial charge in [0.15, 0.2) is 0 Å². The van der Waals surface area contributed by atoms with Crippen molar-refractivity contribution in [1.82, 2.24) is 0 Å². The molecule has 0 nitrogen and oxygen atoms in total. The van der Waals surface area contributed by atoms with Crippen molar-refractivity contribution in [3.63, 3.8) is 0 Å². The summed E-state index contributed by atoms with van der Waals surface area (Å²) in [7, 11) is 0. The Morgan fingerprint density at radius 2 is 2.00 bits per heavy atom. The van der Waals surface area contributed by atoms with Crippen molar-refractivity contribution in [2.45, 2.75) is 40.5 Å². The van der Waals surface area contributed by atoms with Crippen LogP contribution < -0.4 is 0 Å². The molecule has 0 radical (unpaired) electrons. The van der Waals surface area contributed by atoms with E-state index >= 15 is 0 Å². The van der Waals surface area contributed by atoms with Gasteiger partial charge in [-0.15, -0.1) is 0 Å². The van der Waals surface area contributed by atoms with E-state index < -0.39 is 0 Å². The van der Waals surface area contributed by atoms with E-state index in [2.05, 4.69) is 19.9 Å². The van der Waals surface area contributed by atoms with Crippen LogP contribution >= 0.6 is 0 Å². The van der Waals surface area contributed by atoms with Crippen LogP contribution in [0.1, 0.15) is 40.5 Å². The highest BCUT2D eigenvalue weighted by Crippen LogP contribution is 2.23. The van der Waals surface area contributed by atoms with Crippen LogP contribution in [0.15, 0.2) is 11.6 Å². The molecule has 1 atom stereocenters. The lowest BCUT2D eigenvalue weighted by atomic mass is 10.1. The fourth-order valence-electron chi connectivity index (χ4n) is 0.990. The molecule has 0 aromatic rings. The molecule has 0 unspecified atom stereocenters. The summed E-state index contributed by atoms with van der Waals surface area (Å²) >= 11 is 0. The minimum atomic E-state index is 0.875. The van der Waals surface area contributed by atoms with Gasteiger partial charge in [-0.2, -0.15) is 0 Å². The summed E-state index contributed by atoms with van der Waals surface area (Å²) in [5.74, 6) is 0.875. The van der Waals surface area contributed by atoms with E-state index in [1.807, 2.05) is 13.8 Å². The zero-order valence-electron chi connectivity index (χ0n) is 7.07. The average Bonchev–Trinajstić information content (AvgIpc) is 2.23. The van der Waals surface area contributed by atoms with E-state index in [4.69, 9.17) is 0 Å². The fourth-order valence-corrected chi connectivity index (χ4v) is 0.990. The molecule has 54 valence electrons. The number of allylic oxidation sites excluding steroid dienone is 2. The zero-order chi connectivity index (χ0) is 7.28. The third kappa shape index (κ3) is 2.69. The summed E-state index contributed by atoms with van der Waals surface area (Å²) in [5, 5.41) is 0. The second-order valence-electron chi connectivity index (χ2n) is 2.43. The maximum Gasteiger partial charge on any atom is -0.0231 e. The number of rotatable bonds is 0. The molecule has 0 aromatic carbocycles. The van der Waals surface area contributed by atoms with Crippen molar-refractivity contribution in [3.8, 4) is 0 Å². The van der Waals surface area contributed by atoms with E-state index in [-0.39, 0.29) is 0 Å². The van der Waals surface area contributed by atoms with Crippen molar-refractivity contribution in [1.29, 1.82) is 0 Å². The van der Waals surface area contributed by atoms with Gasteiger partial charge < -0.3 is 0 Å². The molecule has 1 aliphatic carbocycles. The van der Waals surface area contributed by atoms with Crippen LogP contribution in [0.4, 0.5) is 0 Å². The summed E-state index contributed by atoms with van der Waals surface area (Å²) in [5.41, 5.74) is 1.58. The van der Waals surface area contributed by atoms with Gasteiger partial charge in [0.25, 0.3) is 0 Å². The Kier molecular flexibility index (Phi) is 4.47. The maximum atomic E-state index is 2.34. The number of hydrogen-bond donors (Lipinski definition) is 0. The Morgan fingerprint density at radius 3 is 2.11 bits per heavy atom. The first kappa shape index (κ1) is 8.74. The van der Waals surface area contributed by atoms with Crippen molar-refractivity contribution < 1.29 is 0 Å². The maximum absolute atomic E-state index is 2.34. The van der Waals surface area contributed by atoms with Crippen LogP contribution in [-0.4, -0.2) is 0 Å². The summed E-state index contributed by atoms with van der Waals surface area (Å²) in [6.45, 7) is 8.51. The second-order valence-corrected chi connectivity index (χ2v) is 2.43. The SMILES string of the molecule is CC.CC1=CCC[C@@H]1C. The molecule has 9 heavy (non-hydrogen) atoms. The molecule has 0 fully saturated rings. The van der Waals surface area contributed by atoms with Crippen molar-refractivity contribution in [2.75, 3.05) is 0 Å². The molecule has 0 spiro atoms. The molecule has 0 amide bonds. The van der Waals surface area contributed by atoms with Gasteiger partial charge in [-0.05, 0) is 25.7 Å². The molecular formula is C9H18. The molecule has 0 heteroatoms. The molecule has 0 bridgehead atoms. The molecule has 0 N–H and O–H groups in total. The Hall–Kier alpha value is -0.260. The molecular weight excluding hydrogens is 108 g/mol. The van der Waals surface area contributed by atoms with Gasteiger partial charge in [-0.1, -0.05) is 32.4 Å². The Labute approximate surface area is 59.0 Å². The first-order valence-corrected chi connectivity index (χ1v) is 3.97. The van der Waals surface area contributed by atoms with E-state index in [1.165, 1.54) is 12.8 Å². The van der Waals surface area contributed by atoms with Gasteiger partial charge in [0.1, 0.15) is 0 Å². The normalized spacial score (nSPS) is 24.4. The van der Waals surface area contributed by atoms with Crippen LogP contribution in [0.3, 0.4) is 0 Å². The van der Waals surface area contributed by atoms with Gasteiger partial charge in [0.05, 0.1) is 0 Å². The molecule has 1 rings (SSSR count). The van der Waals surface area contributed by atoms with E-state index in [0.29, 0.717) is 0 Å². The van der Waals surface area contributed by atoms with Gasteiger partial charge >= 0.3 is 0 Å². The molecule has 0 aliphatic heterocycles. The van der Waals surface area contributed by atoms with E-state index in [9.17, 15) is 0 Å². The second kappa shape index (κ2) is 4.60. The highest BCUT2D eigenvalue weighted by molar-refractivity contribution is 5.07. The quantitative estimate of drug-likeness (QED) is 0.436. The predicted molar refractivity (Wildman–Crippen MR) is 43.5 cm³/mol. The third-order valence-corrected chi connectivity index (χ3v) is 1.84. The van der Waals surface area contributed by atoms with Gasteiger partial charge in [-0.3, -0.25) is 0 Å². The molecule has 0 saturated carbocycles. The Bertz CT molecular complexity index is 90.2. The first-order valence-electron chi connectivity index (χ1n) is 3.97. The van der Waals surface area contributed by atoms with Crippen LogP contribution in [0.5, 0.6) is 0 Å². The summed E-state index contributed by atoms with van der Waals surface area (Å²) < 4.78 is 0. The zero-order valence-corrected chi connectivity index (χ0v) is 7.07. The van der Waals surface area contributed by atoms with Gasteiger partial charge in [0.2, 0.25) is 0 Å². The van der Waals surface area contributed by atoms with Crippen LogP contribution in [-0.2, 0) is 0 Å². The molecule has 1 aliphatic rings. The van der Waals surface area contributed by atoms with Crippen LogP contribution in [0.2, 0.25) is 0 Å². The molecule has 0 aromatic heterocycles. The Morgan fingerprint density at radius 1 is 1.44 bits per heavy atom. The minimum absolute atomic E-state index is 0.875. The topological polar surface area (TPSA) is 0 Å². The lowest BCUT2D eigenvalue weighted by molar-refractivity contribution is 0.670. The predicted octanol–water partition coefficient (Wildman–Crippen LogP) is 3.39. The standard InChI is InChI=1S/C7H12.C2H6/c1-6-4-3-5-7(6)2;1-2/h4,7H,3,5H2,1-2H3;1-2H3/t7-;/m0./s1. The number of hydrogen-bond acceptors (Lipinski definition) is 0. The largest absolute Gasteiger partial charge is 0.0853 e. The van der Waals surface area contributed by atoms with Crippen molar-refractivity contribution >= 4 is 0 Å². The lowest BCUT2D eigenvalue weighted by Gasteiger charge is -1.98. The lowest BCUT2D eigenvalue weighted by Crippen LogP contribution is -1.85. The third-order valence-electron chi connectivity index (χ3n) is 1.84. The highest BCUT2D eigenvalue weighted by Gasteiger charge is 2.07. The summed E-state index contributed by atoms with van der Waals surface area (Å²) in [6, 6.07) is 0.